The van der Waals surface area contributed by atoms with Crippen LogP contribution in [0.25, 0.3) is 11.8 Å². The van der Waals surface area contributed by atoms with Crippen LogP contribution >= 0.6 is 11.3 Å². The zero-order valence-electron chi connectivity index (χ0n) is 24.8. The van der Waals surface area contributed by atoms with Gasteiger partial charge in [-0.25, -0.2) is 4.99 Å². The molecule has 5 aromatic rings. The van der Waals surface area contributed by atoms with E-state index in [9.17, 15) is 9.59 Å². The number of rotatable bonds is 6. The van der Waals surface area contributed by atoms with Gasteiger partial charge in [0.2, 0.25) is 0 Å². The topological polar surface area (TPSA) is 71.6 Å². The van der Waals surface area contributed by atoms with Gasteiger partial charge < -0.3 is 14.8 Å². The average Bonchev–Trinajstić information content (AvgIpc) is 3.46. The maximum absolute atomic E-state index is 14.1. The van der Waals surface area contributed by atoms with E-state index in [0.29, 0.717) is 26.3 Å². The molecule has 0 saturated carbocycles. The van der Waals surface area contributed by atoms with Crippen LogP contribution in [-0.2, 0) is 4.79 Å². The number of aryl methyl sites for hydroxylation is 1. The Hall–Kier alpha value is -4.95. The minimum Gasteiger partial charge on any atom is -0.378 e. The molecule has 2 aromatic heterocycles. The summed E-state index contributed by atoms with van der Waals surface area (Å²) in [5.74, 6) is -0.278. The highest BCUT2D eigenvalue weighted by molar-refractivity contribution is 7.07. The Morgan fingerprint density at radius 2 is 1.58 bits per heavy atom. The van der Waals surface area contributed by atoms with Crippen molar-refractivity contribution in [2.75, 3.05) is 24.3 Å². The second-order valence-electron chi connectivity index (χ2n) is 10.9. The molecule has 3 heterocycles. The highest BCUT2D eigenvalue weighted by Crippen LogP contribution is 2.31. The fourth-order valence-electron chi connectivity index (χ4n) is 5.65. The fraction of sp³-hybridized carbons (Fsp3) is 0.171. The number of hydrogen-bond donors (Lipinski definition) is 1. The number of hydrogen-bond acceptors (Lipinski definition) is 5. The van der Waals surface area contributed by atoms with Crippen LogP contribution in [0.15, 0.2) is 112 Å². The Morgan fingerprint density at radius 1 is 0.930 bits per heavy atom. The van der Waals surface area contributed by atoms with Crippen LogP contribution in [0.4, 0.5) is 11.4 Å². The quantitative estimate of drug-likeness (QED) is 0.291. The predicted molar refractivity (Wildman–Crippen MR) is 175 cm³/mol. The van der Waals surface area contributed by atoms with Gasteiger partial charge >= 0.3 is 0 Å². The first kappa shape index (κ1) is 28.2. The number of fused-ring (bicyclic) bond motifs is 1. The Morgan fingerprint density at radius 3 is 2.23 bits per heavy atom. The number of para-hydroxylation sites is 1. The van der Waals surface area contributed by atoms with E-state index in [4.69, 9.17) is 4.99 Å². The third-order valence-corrected chi connectivity index (χ3v) is 8.78. The summed E-state index contributed by atoms with van der Waals surface area (Å²) in [7, 11) is 4.05. The molecular formula is C35H33N5O2S. The second kappa shape index (κ2) is 11.4. The van der Waals surface area contributed by atoms with Crippen molar-refractivity contribution in [1.29, 1.82) is 0 Å². The largest absolute Gasteiger partial charge is 0.378 e. The van der Waals surface area contributed by atoms with E-state index in [1.54, 1.807) is 4.57 Å². The van der Waals surface area contributed by atoms with Crippen LogP contribution in [0.3, 0.4) is 0 Å². The Bertz CT molecular complexity index is 2030. The Labute approximate surface area is 254 Å². The molecule has 0 radical (unpaired) electrons. The molecule has 0 spiro atoms. The maximum atomic E-state index is 14.1. The van der Waals surface area contributed by atoms with Gasteiger partial charge in [0.25, 0.3) is 11.5 Å². The summed E-state index contributed by atoms with van der Waals surface area (Å²) in [6.45, 7) is 5.98. The first-order valence-electron chi connectivity index (χ1n) is 14.1. The zero-order chi connectivity index (χ0) is 30.2. The van der Waals surface area contributed by atoms with Crippen LogP contribution in [0.1, 0.15) is 35.5 Å². The molecule has 1 aliphatic rings. The van der Waals surface area contributed by atoms with Gasteiger partial charge in [-0.15, -0.1) is 0 Å². The zero-order valence-corrected chi connectivity index (χ0v) is 25.6. The van der Waals surface area contributed by atoms with Crippen LogP contribution in [-0.4, -0.2) is 29.1 Å². The number of carbonyl (C=O) groups excluding carboxylic acids is 1. The summed E-state index contributed by atoms with van der Waals surface area (Å²) in [5, 5.41) is 3.00. The number of amides is 1. The highest BCUT2D eigenvalue weighted by atomic mass is 32.1. The van der Waals surface area contributed by atoms with E-state index < -0.39 is 6.04 Å². The summed E-state index contributed by atoms with van der Waals surface area (Å²) in [6, 6.07) is 28.9. The van der Waals surface area contributed by atoms with E-state index in [-0.39, 0.29) is 11.5 Å². The van der Waals surface area contributed by atoms with Crippen molar-refractivity contribution in [3.05, 3.63) is 144 Å². The Balaban J connectivity index is 1.45. The predicted octanol–water partition coefficient (Wildman–Crippen LogP) is 5.35. The van der Waals surface area contributed by atoms with Crippen LogP contribution < -0.4 is 25.1 Å². The summed E-state index contributed by atoms with van der Waals surface area (Å²) in [4.78, 5) is 35.3. The number of carbonyl (C=O) groups is 1. The molecule has 7 nitrogen and oxygen atoms in total. The molecule has 0 saturated heterocycles. The Kier molecular flexibility index (Phi) is 7.46. The number of nitrogens with zero attached hydrogens (tertiary/aromatic N) is 4. The number of aromatic nitrogens is 2. The van der Waals surface area contributed by atoms with Gasteiger partial charge in [0.1, 0.15) is 0 Å². The first-order chi connectivity index (χ1) is 20.7. The summed E-state index contributed by atoms with van der Waals surface area (Å²) in [6.07, 6.45) is 1.95. The molecule has 1 amide bonds. The monoisotopic (exact) mass is 587 g/mol. The van der Waals surface area contributed by atoms with Gasteiger partial charge in [-0.1, -0.05) is 59.9 Å². The van der Waals surface area contributed by atoms with Crippen LogP contribution in [0.5, 0.6) is 0 Å². The van der Waals surface area contributed by atoms with E-state index in [1.807, 2.05) is 87.8 Å². The van der Waals surface area contributed by atoms with Crippen molar-refractivity contribution < 1.29 is 4.79 Å². The molecule has 0 unspecified atom stereocenters. The maximum Gasteiger partial charge on any atom is 0.271 e. The van der Waals surface area contributed by atoms with Crippen molar-refractivity contribution in [1.82, 2.24) is 9.13 Å². The number of benzene rings is 3. The van der Waals surface area contributed by atoms with Crippen molar-refractivity contribution in [2.24, 2.45) is 4.99 Å². The van der Waals surface area contributed by atoms with Crippen molar-refractivity contribution in [2.45, 2.75) is 26.8 Å². The van der Waals surface area contributed by atoms with Gasteiger partial charge in [-0.3, -0.25) is 14.2 Å². The molecule has 216 valence electrons. The minimum absolute atomic E-state index is 0.171. The van der Waals surface area contributed by atoms with Crippen LogP contribution in [0, 0.1) is 13.8 Å². The number of anilines is 2. The van der Waals surface area contributed by atoms with Gasteiger partial charge in [-0.05, 0) is 80.4 Å². The number of nitrogens with one attached hydrogen (secondary N) is 1. The third-order valence-electron chi connectivity index (χ3n) is 7.79. The summed E-state index contributed by atoms with van der Waals surface area (Å²) in [5.41, 5.74) is 7.69. The molecule has 43 heavy (non-hydrogen) atoms. The summed E-state index contributed by atoms with van der Waals surface area (Å²) < 4.78 is 4.43. The highest BCUT2D eigenvalue weighted by Gasteiger charge is 2.32. The smallest absolute Gasteiger partial charge is 0.271 e. The molecule has 8 heteroatoms. The van der Waals surface area contributed by atoms with Gasteiger partial charge in [0.15, 0.2) is 4.80 Å². The lowest BCUT2D eigenvalue weighted by molar-refractivity contribution is -0.113. The number of allylic oxidation sites excluding steroid dienone is 1. The minimum atomic E-state index is -0.606. The molecule has 0 fully saturated rings. The van der Waals surface area contributed by atoms with Gasteiger partial charge in [0, 0.05) is 42.5 Å². The van der Waals surface area contributed by atoms with Crippen molar-refractivity contribution in [3.63, 3.8) is 0 Å². The number of thiazole rings is 1. The lowest BCUT2D eigenvalue weighted by atomic mass is 9.95. The third kappa shape index (κ3) is 5.26. The lowest BCUT2D eigenvalue weighted by Gasteiger charge is -2.25. The molecule has 6 rings (SSSR count). The van der Waals surface area contributed by atoms with E-state index in [1.165, 1.54) is 11.3 Å². The fourth-order valence-corrected chi connectivity index (χ4v) is 6.69. The normalized spacial score (nSPS) is 14.8. The van der Waals surface area contributed by atoms with E-state index in [0.717, 1.165) is 33.9 Å². The molecule has 1 N–H and O–H groups in total. The van der Waals surface area contributed by atoms with Gasteiger partial charge in [-0.2, -0.15) is 0 Å². The van der Waals surface area contributed by atoms with E-state index in [2.05, 4.69) is 59.0 Å². The van der Waals surface area contributed by atoms with Crippen LogP contribution in [0.2, 0.25) is 0 Å². The molecule has 0 aliphatic carbocycles. The van der Waals surface area contributed by atoms with Crippen molar-refractivity contribution in [3.8, 4) is 5.69 Å². The molecular weight excluding hydrogens is 554 g/mol. The first-order valence-corrected chi connectivity index (χ1v) is 14.9. The molecule has 1 aliphatic heterocycles. The SMILES string of the molecule is CC1=C(C(=O)Nc2ccccc2)[C@H](c2ccccc2)n2c(s/c(=C/c3cc(C)n(-c4ccc(N(C)C)cc4)c3C)c2=O)=N1. The molecule has 3 aromatic carbocycles. The second-order valence-corrected chi connectivity index (χ2v) is 11.9. The van der Waals surface area contributed by atoms with Crippen molar-refractivity contribution >= 4 is 34.7 Å². The average molecular weight is 588 g/mol. The molecule has 0 bridgehead atoms. The standard InChI is InChI=1S/C35H33N5O2S/c1-22-20-26(24(3)39(22)29-18-16-28(17-19-29)38(4)5)21-30-34(42)40-32(25-12-8-6-9-13-25)31(23(2)36-35(40)43-30)33(41)37-27-14-10-7-11-15-27/h6-21,32H,1-5H3,(H,37,41)/b30-21+/t32-/m0/s1. The summed E-state index contributed by atoms with van der Waals surface area (Å²) >= 11 is 1.35. The molecule has 1 atom stereocenters. The van der Waals surface area contributed by atoms with E-state index >= 15 is 0 Å². The van der Waals surface area contributed by atoms with Gasteiger partial charge in [0.05, 0.1) is 21.8 Å². The lowest BCUT2D eigenvalue weighted by Crippen LogP contribution is -2.40.